The van der Waals surface area contributed by atoms with Crippen LogP contribution in [0, 0.1) is 5.82 Å². The highest BCUT2D eigenvalue weighted by atomic mass is 79.9. The van der Waals surface area contributed by atoms with E-state index in [1.54, 1.807) is 4.90 Å². The van der Waals surface area contributed by atoms with Crippen LogP contribution in [0.25, 0.3) is 16.5 Å². The smallest absolute Gasteiger partial charge is 0.255 e. The van der Waals surface area contributed by atoms with Crippen LogP contribution in [0.4, 0.5) is 4.39 Å². The van der Waals surface area contributed by atoms with E-state index in [4.69, 9.17) is 0 Å². The number of para-hydroxylation sites is 1. The molecule has 3 aromatic rings. The number of benzene rings is 2. The third-order valence-electron chi connectivity index (χ3n) is 4.59. The molecule has 1 N–H and O–H groups in total. The van der Waals surface area contributed by atoms with Crippen molar-refractivity contribution in [3.05, 3.63) is 76.2 Å². The van der Waals surface area contributed by atoms with Crippen molar-refractivity contribution in [2.45, 2.75) is 6.42 Å². The van der Waals surface area contributed by atoms with E-state index < -0.39 is 0 Å². The maximum Gasteiger partial charge on any atom is 0.255 e. The second-order valence-corrected chi connectivity index (χ2v) is 6.96. The number of rotatable bonds is 2. The Bertz CT molecular complexity index is 992. The zero-order valence-corrected chi connectivity index (χ0v) is 15.0. The van der Waals surface area contributed by atoms with Crippen LogP contribution in [0.1, 0.15) is 22.3 Å². The average Bonchev–Trinajstić information content (AvgIpc) is 3.05. The van der Waals surface area contributed by atoms with Crippen LogP contribution in [0.2, 0.25) is 0 Å². The lowest BCUT2D eigenvalue weighted by molar-refractivity contribution is 0.0772. The third kappa shape index (κ3) is 3.00. The van der Waals surface area contributed by atoms with Crippen LogP contribution in [0.15, 0.2) is 59.2 Å². The van der Waals surface area contributed by atoms with Crippen molar-refractivity contribution in [1.82, 2.24) is 9.88 Å². The summed E-state index contributed by atoms with van der Waals surface area (Å²) in [5.41, 5.74) is 4.06. The number of nitrogens with zero attached hydrogens (tertiary/aromatic N) is 1. The van der Waals surface area contributed by atoms with Crippen molar-refractivity contribution in [2.75, 3.05) is 13.1 Å². The minimum atomic E-state index is -0.358. The molecule has 0 saturated carbocycles. The molecule has 0 bridgehead atoms. The Balaban J connectivity index is 1.56. The third-order valence-corrected chi connectivity index (χ3v) is 5.25. The minimum Gasteiger partial charge on any atom is -0.361 e. The van der Waals surface area contributed by atoms with Crippen molar-refractivity contribution in [3.63, 3.8) is 0 Å². The SMILES string of the molecule is O=C(c1ccc(F)cc1Br)N1CC=C(c2c[nH]c3ccccc23)CC1. The summed E-state index contributed by atoms with van der Waals surface area (Å²) in [7, 11) is 0. The molecule has 0 spiro atoms. The number of carbonyl (C=O) groups is 1. The van der Waals surface area contributed by atoms with Crippen molar-refractivity contribution in [1.29, 1.82) is 0 Å². The molecule has 0 unspecified atom stereocenters. The molecule has 4 rings (SSSR count). The number of amides is 1. The van der Waals surface area contributed by atoms with Crippen molar-refractivity contribution >= 4 is 38.3 Å². The van der Waals surface area contributed by atoms with E-state index in [1.807, 2.05) is 18.3 Å². The monoisotopic (exact) mass is 398 g/mol. The molecule has 1 aliphatic heterocycles. The van der Waals surface area contributed by atoms with E-state index in [2.05, 4.69) is 39.1 Å². The van der Waals surface area contributed by atoms with Gasteiger partial charge in [-0.1, -0.05) is 24.3 Å². The van der Waals surface area contributed by atoms with Crippen LogP contribution in [-0.2, 0) is 0 Å². The summed E-state index contributed by atoms with van der Waals surface area (Å²) in [5, 5.41) is 1.20. The van der Waals surface area contributed by atoms with Crippen LogP contribution in [0.3, 0.4) is 0 Å². The van der Waals surface area contributed by atoms with Crippen molar-refractivity contribution in [2.24, 2.45) is 0 Å². The lowest BCUT2D eigenvalue weighted by Crippen LogP contribution is -2.34. The van der Waals surface area contributed by atoms with Gasteiger partial charge in [0.2, 0.25) is 0 Å². The minimum absolute atomic E-state index is 0.0823. The molecule has 0 fully saturated rings. The Labute approximate surface area is 153 Å². The highest BCUT2D eigenvalue weighted by molar-refractivity contribution is 9.10. The maximum absolute atomic E-state index is 13.2. The van der Waals surface area contributed by atoms with Gasteiger partial charge in [0.15, 0.2) is 0 Å². The van der Waals surface area contributed by atoms with Crippen molar-refractivity contribution < 1.29 is 9.18 Å². The van der Waals surface area contributed by atoms with Gasteiger partial charge in [-0.25, -0.2) is 4.39 Å². The molecule has 126 valence electrons. The summed E-state index contributed by atoms with van der Waals surface area (Å²) in [6.07, 6.45) is 4.94. The van der Waals surface area contributed by atoms with Gasteiger partial charge in [0.1, 0.15) is 5.82 Å². The number of hydrogen-bond acceptors (Lipinski definition) is 1. The van der Waals surface area contributed by atoms with E-state index in [9.17, 15) is 9.18 Å². The summed E-state index contributed by atoms with van der Waals surface area (Å²) < 4.78 is 13.7. The first-order valence-corrected chi connectivity index (χ1v) is 8.92. The molecule has 5 heteroatoms. The second kappa shape index (κ2) is 6.48. The number of H-pyrrole nitrogens is 1. The summed E-state index contributed by atoms with van der Waals surface area (Å²) in [6, 6.07) is 12.4. The van der Waals surface area contributed by atoms with E-state index in [0.29, 0.717) is 23.1 Å². The number of aromatic amines is 1. The first-order chi connectivity index (χ1) is 12.1. The lowest BCUT2D eigenvalue weighted by Gasteiger charge is -2.27. The van der Waals surface area contributed by atoms with Crippen LogP contribution in [-0.4, -0.2) is 28.9 Å². The maximum atomic E-state index is 13.2. The zero-order valence-electron chi connectivity index (χ0n) is 13.4. The zero-order chi connectivity index (χ0) is 17.4. The Morgan fingerprint density at radius 2 is 2.04 bits per heavy atom. The highest BCUT2D eigenvalue weighted by Gasteiger charge is 2.22. The molecule has 0 saturated heterocycles. The number of halogens is 2. The Kier molecular flexibility index (Phi) is 4.17. The standard InChI is InChI=1S/C20H16BrFN2O/c21-18-11-14(22)5-6-16(18)20(25)24-9-7-13(8-10-24)17-12-23-19-4-2-1-3-15(17)19/h1-7,11-12,23H,8-10H2. The number of carbonyl (C=O) groups excluding carboxylic acids is 1. The Morgan fingerprint density at radius 3 is 2.80 bits per heavy atom. The van der Waals surface area contributed by atoms with E-state index in [1.165, 1.54) is 34.7 Å². The van der Waals surface area contributed by atoms with Gasteiger partial charge in [-0.2, -0.15) is 0 Å². The van der Waals surface area contributed by atoms with Crippen LogP contribution in [0.5, 0.6) is 0 Å². The highest BCUT2D eigenvalue weighted by Crippen LogP contribution is 2.30. The Hall–Kier alpha value is -2.40. The van der Waals surface area contributed by atoms with Gasteiger partial charge in [-0.05, 0) is 52.2 Å². The molecule has 1 aromatic heterocycles. The van der Waals surface area contributed by atoms with E-state index >= 15 is 0 Å². The predicted octanol–water partition coefficient (Wildman–Crippen LogP) is 5.00. The Morgan fingerprint density at radius 1 is 1.20 bits per heavy atom. The number of hydrogen-bond donors (Lipinski definition) is 1. The summed E-state index contributed by atoms with van der Waals surface area (Å²) in [4.78, 5) is 17.8. The molecule has 2 heterocycles. The molecule has 1 aliphatic rings. The number of fused-ring (bicyclic) bond motifs is 1. The lowest BCUT2D eigenvalue weighted by atomic mass is 9.98. The molecule has 25 heavy (non-hydrogen) atoms. The van der Waals surface area contributed by atoms with Gasteiger partial charge in [-0.3, -0.25) is 4.79 Å². The molecular formula is C20H16BrFN2O. The fourth-order valence-corrected chi connectivity index (χ4v) is 3.79. The van der Waals surface area contributed by atoms with E-state index in [0.717, 1.165) is 11.9 Å². The first kappa shape index (κ1) is 16.1. The topological polar surface area (TPSA) is 36.1 Å². The second-order valence-electron chi connectivity index (χ2n) is 6.10. The van der Waals surface area contributed by atoms with Gasteiger partial charge in [0.05, 0.1) is 5.56 Å². The fraction of sp³-hybridized carbons (Fsp3) is 0.150. The van der Waals surface area contributed by atoms with Gasteiger partial charge in [-0.15, -0.1) is 0 Å². The molecule has 0 radical (unpaired) electrons. The predicted molar refractivity (Wildman–Crippen MR) is 101 cm³/mol. The normalized spacial score (nSPS) is 14.6. The molecule has 2 aromatic carbocycles. The molecular weight excluding hydrogens is 383 g/mol. The summed E-state index contributed by atoms with van der Waals surface area (Å²) in [5.74, 6) is -0.440. The largest absolute Gasteiger partial charge is 0.361 e. The van der Waals surface area contributed by atoms with Gasteiger partial charge in [0.25, 0.3) is 5.91 Å². The number of aromatic nitrogens is 1. The van der Waals surface area contributed by atoms with Gasteiger partial charge >= 0.3 is 0 Å². The van der Waals surface area contributed by atoms with Gasteiger partial charge < -0.3 is 9.88 Å². The summed E-state index contributed by atoms with van der Waals surface area (Å²) in [6.45, 7) is 1.20. The van der Waals surface area contributed by atoms with Gasteiger partial charge in [0, 0.05) is 40.2 Å². The quantitative estimate of drug-likeness (QED) is 0.647. The molecule has 1 amide bonds. The fourth-order valence-electron chi connectivity index (χ4n) is 3.27. The van der Waals surface area contributed by atoms with Crippen LogP contribution < -0.4 is 0 Å². The number of nitrogens with one attached hydrogen (secondary N) is 1. The van der Waals surface area contributed by atoms with Crippen LogP contribution >= 0.6 is 15.9 Å². The van der Waals surface area contributed by atoms with Crippen molar-refractivity contribution in [3.8, 4) is 0 Å². The first-order valence-electron chi connectivity index (χ1n) is 8.13. The van der Waals surface area contributed by atoms with E-state index in [-0.39, 0.29) is 11.7 Å². The molecule has 3 nitrogen and oxygen atoms in total. The average molecular weight is 399 g/mol. The molecule has 0 aliphatic carbocycles. The molecule has 0 atom stereocenters. The summed E-state index contributed by atoms with van der Waals surface area (Å²) >= 11 is 3.28.